The van der Waals surface area contributed by atoms with E-state index in [1.165, 1.54) is 0 Å². The Morgan fingerprint density at radius 3 is 2.53 bits per heavy atom. The molecule has 0 aliphatic heterocycles. The molecular formula is C10H21N3O2. The molecular weight excluding hydrogens is 194 g/mol. The van der Waals surface area contributed by atoms with Gasteiger partial charge in [0.2, 0.25) is 11.8 Å². The number of carbonyl (C=O) groups excluding carboxylic acids is 2. The largest absolute Gasteiger partial charge is 0.358 e. The van der Waals surface area contributed by atoms with Crippen molar-refractivity contribution in [1.29, 1.82) is 0 Å². The number of hydrogen-bond acceptors (Lipinski definition) is 3. The lowest BCUT2D eigenvalue weighted by Crippen LogP contribution is -2.38. The molecule has 1 atom stereocenters. The predicted molar refractivity (Wildman–Crippen MR) is 59.2 cm³/mol. The number of nitrogens with one attached hydrogen (secondary N) is 2. The van der Waals surface area contributed by atoms with Crippen molar-refractivity contribution >= 4 is 11.8 Å². The highest BCUT2D eigenvalue weighted by Gasteiger charge is 2.10. The minimum Gasteiger partial charge on any atom is -0.358 e. The summed E-state index contributed by atoms with van der Waals surface area (Å²) >= 11 is 0. The Morgan fingerprint density at radius 1 is 1.33 bits per heavy atom. The minimum absolute atomic E-state index is 0.0607. The summed E-state index contributed by atoms with van der Waals surface area (Å²) in [6.07, 6.45) is 2.87. The van der Waals surface area contributed by atoms with Crippen molar-refractivity contribution in [1.82, 2.24) is 10.6 Å². The van der Waals surface area contributed by atoms with Crippen molar-refractivity contribution in [2.75, 3.05) is 13.6 Å². The highest BCUT2D eigenvalue weighted by molar-refractivity contribution is 5.81. The third kappa shape index (κ3) is 6.90. The Kier molecular flexibility index (Phi) is 7.62. The van der Waals surface area contributed by atoms with Crippen LogP contribution in [0.15, 0.2) is 0 Å². The average molecular weight is 215 g/mol. The Balaban J connectivity index is 3.38. The molecule has 15 heavy (non-hydrogen) atoms. The fraction of sp³-hybridized carbons (Fsp3) is 0.800. The van der Waals surface area contributed by atoms with E-state index in [0.717, 1.165) is 12.8 Å². The highest BCUT2D eigenvalue weighted by atomic mass is 16.2. The monoisotopic (exact) mass is 215 g/mol. The molecule has 0 aromatic carbocycles. The van der Waals surface area contributed by atoms with E-state index in [0.29, 0.717) is 19.4 Å². The summed E-state index contributed by atoms with van der Waals surface area (Å²) in [4.78, 5) is 21.9. The smallest absolute Gasteiger partial charge is 0.236 e. The van der Waals surface area contributed by atoms with Gasteiger partial charge in [0.05, 0.1) is 6.04 Å². The number of unbranched alkanes of at least 4 members (excludes halogenated alkanes) is 1. The summed E-state index contributed by atoms with van der Waals surface area (Å²) in [6, 6.07) is -0.433. The zero-order valence-corrected chi connectivity index (χ0v) is 9.51. The second-order valence-electron chi connectivity index (χ2n) is 3.42. The van der Waals surface area contributed by atoms with Crippen molar-refractivity contribution < 1.29 is 9.59 Å². The van der Waals surface area contributed by atoms with Crippen LogP contribution in [0.3, 0.4) is 0 Å². The van der Waals surface area contributed by atoms with E-state index in [2.05, 4.69) is 10.6 Å². The van der Waals surface area contributed by atoms with Gasteiger partial charge in [0.15, 0.2) is 0 Å². The van der Waals surface area contributed by atoms with Crippen molar-refractivity contribution in [2.45, 2.75) is 38.6 Å². The first-order valence-electron chi connectivity index (χ1n) is 5.35. The molecule has 4 N–H and O–H groups in total. The van der Waals surface area contributed by atoms with Crippen LogP contribution in [-0.4, -0.2) is 31.4 Å². The maximum Gasteiger partial charge on any atom is 0.236 e. The van der Waals surface area contributed by atoms with E-state index < -0.39 is 6.04 Å². The van der Waals surface area contributed by atoms with Crippen LogP contribution in [0.5, 0.6) is 0 Å². The van der Waals surface area contributed by atoms with Crippen LogP contribution < -0.4 is 16.4 Å². The molecule has 0 aliphatic carbocycles. The Hall–Kier alpha value is -1.10. The number of likely N-dealkylation sites (N-methyl/N-ethyl adjacent to an activating group) is 1. The normalized spacial score (nSPS) is 11.9. The van der Waals surface area contributed by atoms with Crippen LogP contribution in [0.1, 0.15) is 32.6 Å². The Morgan fingerprint density at radius 2 is 2.00 bits per heavy atom. The van der Waals surface area contributed by atoms with Gasteiger partial charge in [0, 0.05) is 20.0 Å². The summed E-state index contributed by atoms with van der Waals surface area (Å²) in [6.45, 7) is 2.48. The van der Waals surface area contributed by atoms with Gasteiger partial charge in [-0.15, -0.1) is 0 Å². The minimum atomic E-state index is -0.433. The van der Waals surface area contributed by atoms with Crippen LogP contribution in [0.25, 0.3) is 0 Å². The summed E-state index contributed by atoms with van der Waals surface area (Å²) in [5, 5.41) is 5.27. The molecule has 1 unspecified atom stereocenters. The average Bonchev–Trinajstić information content (AvgIpc) is 2.26. The third-order valence-electron chi connectivity index (χ3n) is 2.17. The van der Waals surface area contributed by atoms with E-state index in [9.17, 15) is 9.59 Å². The molecule has 0 saturated heterocycles. The quantitative estimate of drug-likeness (QED) is 0.512. The van der Waals surface area contributed by atoms with Crippen molar-refractivity contribution in [3.63, 3.8) is 0 Å². The van der Waals surface area contributed by atoms with Crippen LogP contribution in [0.4, 0.5) is 0 Å². The molecule has 0 aromatic heterocycles. The van der Waals surface area contributed by atoms with Gasteiger partial charge in [-0.25, -0.2) is 0 Å². The molecule has 0 aromatic rings. The number of carbonyl (C=O) groups is 2. The molecule has 0 fully saturated rings. The molecule has 2 amide bonds. The van der Waals surface area contributed by atoms with Crippen LogP contribution in [-0.2, 0) is 9.59 Å². The Labute approximate surface area is 90.8 Å². The van der Waals surface area contributed by atoms with Gasteiger partial charge in [0.1, 0.15) is 0 Å². The van der Waals surface area contributed by atoms with E-state index in [1.807, 2.05) is 6.92 Å². The first kappa shape index (κ1) is 13.9. The van der Waals surface area contributed by atoms with E-state index in [4.69, 9.17) is 5.73 Å². The molecule has 5 heteroatoms. The van der Waals surface area contributed by atoms with Gasteiger partial charge < -0.3 is 16.4 Å². The number of amides is 2. The second-order valence-corrected chi connectivity index (χ2v) is 3.42. The van der Waals surface area contributed by atoms with Crippen molar-refractivity contribution in [3.8, 4) is 0 Å². The number of rotatable bonds is 7. The number of nitrogens with two attached hydrogens (primary N) is 1. The fourth-order valence-corrected chi connectivity index (χ4v) is 1.16. The van der Waals surface area contributed by atoms with E-state index in [-0.39, 0.29) is 11.8 Å². The molecule has 0 bridgehead atoms. The molecule has 0 spiro atoms. The fourth-order valence-electron chi connectivity index (χ4n) is 1.16. The molecule has 0 rings (SSSR count). The van der Waals surface area contributed by atoms with Crippen LogP contribution in [0.2, 0.25) is 0 Å². The van der Waals surface area contributed by atoms with E-state index >= 15 is 0 Å². The van der Waals surface area contributed by atoms with Gasteiger partial charge in [-0.1, -0.05) is 6.92 Å². The maximum absolute atomic E-state index is 11.0. The lowest BCUT2D eigenvalue weighted by molar-refractivity contribution is -0.122. The highest BCUT2D eigenvalue weighted by Crippen LogP contribution is 1.98. The zero-order chi connectivity index (χ0) is 11.7. The molecule has 0 saturated carbocycles. The summed E-state index contributed by atoms with van der Waals surface area (Å²) < 4.78 is 0. The molecule has 0 heterocycles. The predicted octanol–water partition coefficient (Wildman–Crippen LogP) is -0.244. The van der Waals surface area contributed by atoms with Crippen molar-refractivity contribution in [3.05, 3.63) is 0 Å². The van der Waals surface area contributed by atoms with Gasteiger partial charge >= 0.3 is 0 Å². The topological polar surface area (TPSA) is 84.2 Å². The van der Waals surface area contributed by atoms with Crippen molar-refractivity contribution in [2.24, 2.45) is 5.73 Å². The van der Waals surface area contributed by atoms with Gasteiger partial charge in [-0.05, 0) is 19.3 Å². The van der Waals surface area contributed by atoms with Crippen LogP contribution in [0, 0.1) is 0 Å². The molecule has 5 nitrogen and oxygen atoms in total. The zero-order valence-electron chi connectivity index (χ0n) is 9.51. The molecule has 0 aliphatic rings. The maximum atomic E-state index is 11.0. The first-order chi connectivity index (χ1) is 7.11. The summed E-state index contributed by atoms with van der Waals surface area (Å²) in [5.74, 6) is -0.0711. The summed E-state index contributed by atoms with van der Waals surface area (Å²) in [7, 11) is 1.57. The molecule has 88 valence electrons. The van der Waals surface area contributed by atoms with Gasteiger partial charge in [0.25, 0.3) is 0 Å². The second kappa shape index (κ2) is 8.23. The van der Waals surface area contributed by atoms with Crippen LogP contribution >= 0.6 is 0 Å². The van der Waals surface area contributed by atoms with Gasteiger partial charge in [-0.2, -0.15) is 0 Å². The lowest BCUT2D eigenvalue weighted by atomic mass is 10.1. The standard InChI is InChI=1S/C10H21N3O2/c1-3-9(14)13-7-5-4-6-8(11)10(15)12-2/h8H,3-7,11H2,1-2H3,(H,12,15)(H,13,14). The SMILES string of the molecule is CCC(=O)NCCCCC(N)C(=O)NC. The Bertz CT molecular complexity index is 207. The third-order valence-corrected chi connectivity index (χ3v) is 2.17. The lowest BCUT2D eigenvalue weighted by Gasteiger charge is -2.09. The van der Waals surface area contributed by atoms with Gasteiger partial charge in [-0.3, -0.25) is 9.59 Å². The first-order valence-corrected chi connectivity index (χ1v) is 5.35. The van der Waals surface area contributed by atoms with E-state index in [1.54, 1.807) is 7.05 Å². The number of hydrogen-bond donors (Lipinski definition) is 3. The molecule has 0 radical (unpaired) electrons. The summed E-state index contributed by atoms with van der Waals surface area (Å²) in [5.41, 5.74) is 5.60.